The van der Waals surface area contributed by atoms with Crippen LogP contribution in [0.4, 0.5) is 0 Å². The van der Waals surface area contributed by atoms with Crippen LogP contribution in [0.3, 0.4) is 0 Å². The molecule has 1 aliphatic heterocycles. The summed E-state index contributed by atoms with van der Waals surface area (Å²) in [6.45, 7) is 2.26. The van der Waals surface area contributed by atoms with Crippen LogP contribution in [0.25, 0.3) is 0 Å². The van der Waals surface area contributed by atoms with Crippen LogP contribution in [-0.4, -0.2) is 41.3 Å². The molecule has 1 fully saturated rings. The molecule has 0 unspecified atom stereocenters. The fourth-order valence-electron chi connectivity index (χ4n) is 2.30. The minimum absolute atomic E-state index is 0.0794. The van der Waals surface area contributed by atoms with Crippen LogP contribution in [0.15, 0.2) is 11.6 Å². The number of aromatic nitrogens is 1. The van der Waals surface area contributed by atoms with Crippen molar-refractivity contribution >= 4 is 23.2 Å². The summed E-state index contributed by atoms with van der Waals surface area (Å²) in [5.74, 6) is 0.310. The molecule has 0 radical (unpaired) electrons. The van der Waals surface area contributed by atoms with Crippen LogP contribution in [0.2, 0.25) is 0 Å². The Kier molecular flexibility index (Phi) is 5.98. The number of thiazole rings is 1. The first-order valence-corrected chi connectivity index (χ1v) is 8.06. The zero-order chi connectivity index (χ0) is 14.2. The number of carbonyl (C=O) groups excluding carboxylic acids is 2. The number of nitrogens with one attached hydrogen (secondary N) is 1. The minimum Gasteiger partial charge on any atom is -0.356 e. The van der Waals surface area contributed by atoms with E-state index in [9.17, 15) is 9.59 Å². The predicted octanol–water partition coefficient (Wildman–Crippen LogP) is 1.59. The van der Waals surface area contributed by atoms with Crippen LogP contribution in [0, 0.1) is 0 Å². The Morgan fingerprint density at radius 3 is 3.05 bits per heavy atom. The predicted molar refractivity (Wildman–Crippen MR) is 78.5 cm³/mol. The Morgan fingerprint density at radius 1 is 1.45 bits per heavy atom. The number of nitrogens with zero attached hydrogens (tertiary/aromatic N) is 2. The highest BCUT2D eigenvalue weighted by Crippen LogP contribution is 2.10. The van der Waals surface area contributed by atoms with E-state index in [4.69, 9.17) is 0 Å². The monoisotopic (exact) mass is 295 g/mol. The van der Waals surface area contributed by atoms with E-state index in [2.05, 4.69) is 10.3 Å². The lowest BCUT2D eigenvalue weighted by Crippen LogP contribution is -2.28. The third kappa shape index (κ3) is 4.92. The van der Waals surface area contributed by atoms with Gasteiger partial charge in [-0.15, -0.1) is 11.3 Å². The normalized spacial score (nSPS) is 14.8. The number of hydrogen-bond acceptors (Lipinski definition) is 4. The van der Waals surface area contributed by atoms with Crippen molar-refractivity contribution in [2.45, 2.75) is 38.5 Å². The van der Waals surface area contributed by atoms with Gasteiger partial charge >= 0.3 is 0 Å². The molecule has 110 valence electrons. The van der Waals surface area contributed by atoms with Gasteiger partial charge in [0.1, 0.15) is 0 Å². The molecule has 5 nitrogen and oxygen atoms in total. The van der Waals surface area contributed by atoms with Crippen molar-refractivity contribution in [3.63, 3.8) is 0 Å². The maximum absolute atomic E-state index is 11.6. The van der Waals surface area contributed by atoms with Gasteiger partial charge in [0.05, 0.1) is 5.01 Å². The van der Waals surface area contributed by atoms with Gasteiger partial charge in [0.2, 0.25) is 11.8 Å². The highest BCUT2D eigenvalue weighted by atomic mass is 32.1. The number of aryl methyl sites for hydroxylation is 1. The Labute approximate surface area is 123 Å². The summed E-state index contributed by atoms with van der Waals surface area (Å²) in [7, 11) is 0. The molecule has 1 aromatic rings. The van der Waals surface area contributed by atoms with Gasteiger partial charge in [0.25, 0.3) is 0 Å². The molecule has 0 bridgehead atoms. The van der Waals surface area contributed by atoms with Gasteiger partial charge < -0.3 is 10.2 Å². The van der Waals surface area contributed by atoms with Gasteiger partial charge in [-0.3, -0.25) is 9.59 Å². The lowest BCUT2D eigenvalue weighted by Gasteiger charge is -2.14. The second-order valence-corrected chi connectivity index (χ2v) is 5.95. The summed E-state index contributed by atoms with van der Waals surface area (Å²) in [6.07, 6.45) is 6.53. The Hall–Kier alpha value is -1.43. The van der Waals surface area contributed by atoms with E-state index in [-0.39, 0.29) is 11.8 Å². The van der Waals surface area contributed by atoms with Gasteiger partial charge in [0, 0.05) is 50.5 Å². The van der Waals surface area contributed by atoms with Crippen LogP contribution in [-0.2, 0) is 16.0 Å². The first-order chi connectivity index (χ1) is 9.75. The van der Waals surface area contributed by atoms with Gasteiger partial charge in [-0.2, -0.15) is 0 Å². The molecular weight excluding hydrogens is 274 g/mol. The average molecular weight is 295 g/mol. The summed E-state index contributed by atoms with van der Waals surface area (Å²) in [4.78, 5) is 29.1. The molecule has 1 aromatic heterocycles. The minimum atomic E-state index is 0.0794. The molecule has 0 saturated carbocycles. The summed E-state index contributed by atoms with van der Waals surface area (Å²) in [5.41, 5.74) is 0. The van der Waals surface area contributed by atoms with E-state index in [1.165, 1.54) is 0 Å². The van der Waals surface area contributed by atoms with Crippen molar-refractivity contribution in [2.24, 2.45) is 0 Å². The molecule has 2 amide bonds. The highest BCUT2D eigenvalue weighted by Gasteiger charge is 2.19. The molecule has 1 saturated heterocycles. The summed E-state index contributed by atoms with van der Waals surface area (Å²) < 4.78 is 0. The van der Waals surface area contributed by atoms with Crippen molar-refractivity contribution in [1.29, 1.82) is 0 Å². The van der Waals surface area contributed by atoms with Crippen molar-refractivity contribution in [1.82, 2.24) is 15.2 Å². The van der Waals surface area contributed by atoms with Gasteiger partial charge in [-0.05, 0) is 19.3 Å². The summed E-state index contributed by atoms with van der Waals surface area (Å²) >= 11 is 1.65. The van der Waals surface area contributed by atoms with Crippen molar-refractivity contribution in [2.75, 3.05) is 19.6 Å². The topological polar surface area (TPSA) is 62.3 Å². The van der Waals surface area contributed by atoms with E-state index in [1.54, 1.807) is 17.5 Å². The largest absolute Gasteiger partial charge is 0.356 e. The summed E-state index contributed by atoms with van der Waals surface area (Å²) in [5, 5.41) is 6.00. The molecule has 0 spiro atoms. The molecule has 0 aliphatic carbocycles. The zero-order valence-electron chi connectivity index (χ0n) is 11.6. The van der Waals surface area contributed by atoms with Crippen LogP contribution in [0.5, 0.6) is 0 Å². The zero-order valence-corrected chi connectivity index (χ0v) is 12.5. The fraction of sp³-hybridized carbons (Fsp3) is 0.643. The van der Waals surface area contributed by atoms with Gasteiger partial charge in [-0.1, -0.05) is 0 Å². The van der Waals surface area contributed by atoms with Crippen LogP contribution < -0.4 is 5.32 Å². The molecule has 2 heterocycles. The van der Waals surface area contributed by atoms with Crippen molar-refractivity contribution in [3.05, 3.63) is 16.6 Å². The number of amides is 2. The third-order valence-electron chi connectivity index (χ3n) is 3.38. The number of carbonyl (C=O) groups is 2. The molecule has 2 rings (SSSR count). The number of hydrogen-bond donors (Lipinski definition) is 1. The average Bonchev–Trinajstić information content (AvgIpc) is 3.07. The van der Waals surface area contributed by atoms with E-state index < -0.39 is 0 Å². The van der Waals surface area contributed by atoms with Crippen molar-refractivity contribution in [3.8, 4) is 0 Å². The first-order valence-electron chi connectivity index (χ1n) is 7.18. The van der Waals surface area contributed by atoms with E-state index >= 15 is 0 Å². The molecule has 20 heavy (non-hydrogen) atoms. The van der Waals surface area contributed by atoms with E-state index in [0.717, 1.165) is 37.2 Å². The Morgan fingerprint density at radius 2 is 2.35 bits per heavy atom. The summed E-state index contributed by atoms with van der Waals surface area (Å²) in [6, 6.07) is 0. The molecule has 1 N–H and O–H groups in total. The second-order valence-electron chi connectivity index (χ2n) is 4.97. The quantitative estimate of drug-likeness (QED) is 0.741. The molecule has 1 aliphatic rings. The molecule has 0 aromatic carbocycles. The highest BCUT2D eigenvalue weighted by molar-refractivity contribution is 7.09. The molecule has 6 heteroatoms. The first kappa shape index (κ1) is 15.0. The number of likely N-dealkylation sites (tertiary alicyclic amines) is 1. The van der Waals surface area contributed by atoms with Crippen LogP contribution in [0.1, 0.15) is 37.1 Å². The lowest BCUT2D eigenvalue weighted by molar-refractivity contribution is -0.128. The van der Waals surface area contributed by atoms with E-state index in [0.29, 0.717) is 25.9 Å². The third-order valence-corrected chi connectivity index (χ3v) is 4.22. The standard InChI is InChI=1S/C14H21N3O2S/c18-12(4-2-9-17-10-3-6-14(17)19)15-7-1-5-13-16-8-11-20-13/h8,11H,1-7,9-10H2,(H,15,18). The Bertz CT molecular complexity index is 434. The number of rotatable bonds is 8. The van der Waals surface area contributed by atoms with Gasteiger partial charge in [0.15, 0.2) is 0 Å². The van der Waals surface area contributed by atoms with Gasteiger partial charge in [-0.25, -0.2) is 4.98 Å². The maximum atomic E-state index is 11.6. The van der Waals surface area contributed by atoms with Crippen LogP contribution >= 0.6 is 11.3 Å². The molecular formula is C14H21N3O2S. The smallest absolute Gasteiger partial charge is 0.222 e. The van der Waals surface area contributed by atoms with Crippen molar-refractivity contribution < 1.29 is 9.59 Å². The fourth-order valence-corrected chi connectivity index (χ4v) is 2.97. The maximum Gasteiger partial charge on any atom is 0.222 e. The lowest BCUT2D eigenvalue weighted by atomic mass is 10.2. The Balaban J connectivity index is 1.49. The second kappa shape index (κ2) is 7.99. The molecule has 0 atom stereocenters. The SMILES string of the molecule is O=C(CCCN1CCCC1=O)NCCCc1nccs1. The van der Waals surface area contributed by atoms with E-state index in [1.807, 2.05) is 10.3 Å².